The zero-order valence-corrected chi connectivity index (χ0v) is 11.9. The molecule has 9 heteroatoms. The first-order valence-electron chi connectivity index (χ1n) is 6.01. The van der Waals surface area contributed by atoms with E-state index in [1.165, 1.54) is 4.90 Å². The van der Waals surface area contributed by atoms with E-state index in [1.807, 2.05) is 0 Å². The number of hydrogen-bond acceptors (Lipinski definition) is 5. The number of carbonyl (C=O) groups excluding carboxylic acids is 2. The van der Waals surface area contributed by atoms with Gasteiger partial charge in [-0.1, -0.05) is 0 Å². The highest BCUT2D eigenvalue weighted by Crippen LogP contribution is 2.12. The van der Waals surface area contributed by atoms with Gasteiger partial charge in [0.2, 0.25) is 21.8 Å². The van der Waals surface area contributed by atoms with Gasteiger partial charge >= 0.3 is 0 Å². The Labute approximate surface area is 112 Å². The third-order valence-electron chi connectivity index (χ3n) is 2.92. The first-order valence-corrected chi connectivity index (χ1v) is 7.90. The smallest absolute Gasteiger partial charge is 0.242 e. The second kappa shape index (κ2) is 6.31. The molecule has 0 aliphatic carbocycles. The number of hydrogen-bond donors (Lipinski definition) is 3. The van der Waals surface area contributed by atoms with Crippen LogP contribution in [0.4, 0.5) is 0 Å². The number of nitrogens with zero attached hydrogens (tertiary/aromatic N) is 1. The van der Waals surface area contributed by atoms with Crippen LogP contribution < -0.4 is 15.8 Å². The fraction of sp³-hybridized carbons (Fsp3) is 0.800. The molecule has 19 heavy (non-hydrogen) atoms. The van der Waals surface area contributed by atoms with Gasteiger partial charge in [0, 0.05) is 19.6 Å². The predicted molar refractivity (Wildman–Crippen MR) is 69.6 cm³/mol. The molecule has 1 saturated heterocycles. The lowest BCUT2D eigenvalue weighted by molar-refractivity contribution is -0.137. The molecule has 0 spiro atoms. The van der Waals surface area contributed by atoms with Gasteiger partial charge in [0.15, 0.2) is 0 Å². The second-order valence-corrected chi connectivity index (χ2v) is 6.39. The van der Waals surface area contributed by atoms with Crippen LogP contribution in [0.5, 0.6) is 0 Å². The first kappa shape index (κ1) is 15.9. The summed E-state index contributed by atoms with van der Waals surface area (Å²) < 4.78 is 23.9. The van der Waals surface area contributed by atoms with Crippen molar-refractivity contribution in [2.75, 3.05) is 25.9 Å². The molecule has 2 amide bonds. The number of likely N-dealkylation sites (tertiary alicyclic amines) is 1. The van der Waals surface area contributed by atoms with Crippen molar-refractivity contribution in [3.63, 3.8) is 0 Å². The summed E-state index contributed by atoms with van der Waals surface area (Å²) >= 11 is 0. The molecule has 0 radical (unpaired) electrons. The molecule has 0 aromatic carbocycles. The number of carbonyl (C=O) groups is 2. The van der Waals surface area contributed by atoms with Gasteiger partial charge in [-0.05, 0) is 13.3 Å². The molecular weight excluding hydrogens is 272 g/mol. The Morgan fingerprint density at radius 2 is 2.16 bits per heavy atom. The normalized spacial score (nSPS) is 21.5. The van der Waals surface area contributed by atoms with Gasteiger partial charge in [-0.15, -0.1) is 0 Å². The van der Waals surface area contributed by atoms with Crippen LogP contribution in [0.15, 0.2) is 0 Å². The van der Waals surface area contributed by atoms with Crippen molar-refractivity contribution in [3.8, 4) is 0 Å². The zero-order valence-electron chi connectivity index (χ0n) is 11.0. The molecule has 110 valence electrons. The maximum Gasteiger partial charge on any atom is 0.242 e. The third-order valence-corrected chi connectivity index (χ3v) is 3.65. The molecule has 0 bridgehead atoms. The molecule has 4 N–H and O–H groups in total. The molecule has 0 aromatic heterocycles. The minimum absolute atomic E-state index is 0.116. The zero-order chi connectivity index (χ0) is 14.6. The van der Waals surface area contributed by atoms with Crippen LogP contribution in [0.1, 0.15) is 13.3 Å². The molecule has 1 aliphatic heterocycles. The van der Waals surface area contributed by atoms with Gasteiger partial charge in [0.1, 0.15) is 6.04 Å². The van der Waals surface area contributed by atoms with Crippen LogP contribution in [0.25, 0.3) is 0 Å². The van der Waals surface area contributed by atoms with Crippen LogP contribution in [0.3, 0.4) is 0 Å². The van der Waals surface area contributed by atoms with Gasteiger partial charge in [0.25, 0.3) is 0 Å². The Hall–Kier alpha value is -1.19. The summed E-state index contributed by atoms with van der Waals surface area (Å²) in [6, 6.07) is -1.12. The largest absolute Gasteiger partial charge is 0.353 e. The summed E-state index contributed by atoms with van der Waals surface area (Å²) in [6.45, 7) is 2.38. The van der Waals surface area contributed by atoms with Crippen LogP contribution in [0, 0.1) is 0 Å². The highest BCUT2D eigenvalue weighted by atomic mass is 32.2. The minimum atomic E-state index is -3.26. The van der Waals surface area contributed by atoms with E-state index in [1.54, 1.807) is 6.92 Å². The number of nitrogens with two attached hydrogens (primary N) is 1. The van der Waals surface area contributed by atoms with Crippen molar-refractivity contribution < 1.29 is 18.0 Å². The van der Waals surface area contributed by atoms with E-state index >= 15 is 0 Å². The van der Waals surface area contributed by atoms with Crippen molar-refractivity contribution >= 4 is 21.8 Å². The Morgan fingerprint density at radius 1 is 1.53 bits per heavy atom. The predicted octanol–water partition coefficient (Wildman–Crippen LogP) is -2.40. The number of rotatable bonds is 6. The third kappa shape index (κ3) is 4.77. The van der Waals surface area contributed by atoms with Crippen LogP contribution in [0.2, 0.25) is 0 Å². The second-order valence-electron chi connectivity index (χ2n) is 4.56. The van der Waals surface area contributed by atoms with Crippen molar-refractivity contribution in [3.05, 3.63) is 0 Å². The molecule has 0 saturated carbocycles. The van der Waals surface area contributed by atoms with Crippen LogP contribution >= 0.6 is 0 Å². The van der Waals surface area contributed by atoms with E-state index in [0.717, 1.165) is 6.26 Å². The van der Waals surface area contributed by atoms with Gasteiger partial charge < -0.3 is 16.0 Å². The Morgan fingerprint density at radius 3 is 2.63 bits per heavy atom. The van der Waals surface area contributed by atoms with Gasteiger partial charge in [-0.25, -0.2) is 13.1 Å². The van der Waals surface area contributed by atoms with Crippen molar-refractivity contribution in [1.82, 2.24) is 14.9 Å². The number of sulfonamides is 1. The fourth-order valence-electron chi connectivity index (χ4n) is 1.82. The summed E-state index contributed by atoms with van der Waals surface area (Å²) in [5.41, 5.74) is 5.58. The Balaban J connectivity index is 2.35. The summed E-state index contributed by atoms with van der Waals surface area (Å²) in [5, 5.41) is 2.57. The average molecular weight is 292 g/mol. The molecule has 1 heterocycles. The molecule has 0 unspecified atom stereocenters. The highest BCUT2D eigenvalue weighted by Gasteiger charge is 2.34. The summed E-state index contributed by atoms with van der Waals surface area (Å²) in [5.74, 6) is -0.547. The maximum absolute atomic E-state index is 11.8. The number of amides is 2. The van der Waals surface area contributed by atoms with E-state index in [2.05, 4.69) is 10.0 Å². The van der Waals surface area contributed by atoms with E-state index in [9.17, 15) is 18.0 Å². The van der Waals surface area contributed by atoms with E-state index in [0.29, 0.717) is 13.0 Å². The van der Waals surface area contributed by atoms with E-state index < -0.39 is 22.1 Å². The lowest BCUT2D eigenvalue weighted by Gasteiger charge is -2.23. The van der Waals surface area contributed by atoms with Crippen molar-refractivity contribution in [1.29, 1.82) is 0 Å². The van der Waals surface area contributed by atoms with Crippen molar-refractivity contribution in [2.24, 2.45) is 5.73 Å². The molecule has 8 nitrogen and oxygen atoms in total. The van der Waals surface area contributed by atoms with Crippen LogP contribution in [-0.4, -0.2) is 63.1 Å². The monoisotopic (exact) mass is 292 g/mol. The maximum atomic E-state index is 11.8. The summed E-state index contributed by atoms with van der Waals surface area (Å²) in [7, 11) is -3.26. The minimum Gasteiger partial charge on any atom is -0.353 e. The standard InChI is InChI=1S/C10H20N4O4S/c1-7(14-6-3-8(11)10(14)16)9(15)12-4-5-13-19(2,17)18/h7-8,13H,3-6,11H2,1-2H3,(H,12,15)/t7-,8-/m0/s1. The first-order chi connectivity index (χ1) is 8.72. The molecular formula is C10H20N4O4S. The average Bonchev–Trinajstić information content (AvgIpc) is 2.63. The SMILES string of the molecule is C[C@@H](C(=O)NCCNS(C)(=O)=O)N1CC[C@H](N)C1=O. The molecule has 2 atom stereocenters. The quantitative estimate of drug-likeness (QED) is 0.471. The van der Waals surface area contributed by atoms with Gasteiger partial charge in [-0.2, -0.15) is 0 Å². The Kier molecular flexibility index (Phi) is 5.27. The number of nitrogens with one attached hydrogen (secondary N) is 2. The molecule has 1 fully saturated rings. The van der Waals surface area contributed by atoms with Gasteiger partial charge in [0.05, 0.1) is 12.3 Å². The van der Waals surface area contributed by atoms with Crippen LogP contribution in [-0.2, 0) is 19.6 Å². The highest BCUT2D eigenvalue weighted by molar-refractivity contribution is 7.88. The topological polar surface area (TPSA) is 122 Å². The molecule has 1 rings (SSSR count). The summed E-state index contributed by atoms with van der Waals surface area (Å²) in [4.78, 5) is 24.9. The fourth-order valence-corrected chi connectivity index (χ4v) is 2.29. The van der Waals surface area contributed by atoms with Crippen molar-refractivity contribution in [2.45, 2.75) is 25.4 Å². The lowest BCUT2D eigenvalue weighted by atomic mass is 10.2. The van der Waals surface area contributed by atoms with E-state index in [4.69, 9.17) is 5.73 Å². The van der Waals surface area contributed by atoms with E-state index in [-0.39, 0.29) is 24.9 Å². The van der Waals surface area contributed by atoms with Gasteiger partial charge in [-0.3, -0.25) is 9.59 Å². The molecule has 1 aliphatic rings. The Bertz CT molecular complexity index is 450. The molecule has 0 aromatic rings. The lowest BCUT2D eigenvalue weighted by Crippen LogP contribution is -2.48. The summed E-state index contributed by atoms with van der Waals surface area (Å²) in [6.07, 6.45) is 1.59.